The first-order valence-electron chi connectivity index (χ1n) is 6.25. The van der Waals surface area contributed by atoms with Crippen molar-refractivity contribution in [2.24, 2.45) is 5.41 Å². The van der Waals surface area contributed by atoms with Gasteiger partial charge in [0.15, 0.2) is 0 Å². The molecule has 0 heterocycles. The molecule has 1 atom stereocenters. The Morgan fingerprint density at radius 1 is 1.47 bits per heavy atom. The first kappa shape index (κ1) is 13.0. The third-order valence-corrected chi connectivity index (χ3v) is 4.64. The van der Waals surface area contributed by atoms with E-state index in [1.165, 1.54) is 18.9 Å². The van der Waals surface area contributed by atoms with Gasteiger partial charge in [-0.05, 0) is 61.9 Å². The third-order valence-electron chi connectivity index (χ3n) is 3.87. The summed E-state index contributed by atoms with van der Waals surface area (Å²) in [6, 6.07) is 5.46. The zero-order valence-electron chi connectivity index (χ0n) is 10.4. The van der Waals surface area contributed by atoms with Crippen molar-refractivity contribution in [1.82, 2.24) is 5.32 Å². The maximum absolute atomic E-state index is 13.3. The Morgan fingerprint density at radius 2 is 2.18 bits per heavy atom. The van der Waals surface area contributed by atoms with Crippen molar-refractivity contribution >= 4 is 15.9 Å². The molecule has 1 N–H and O–H groups in total. The van der Waals surface area contributed by atoms with E-state index in [-0.39, 0.29) is 5.82 Å². The van der Waals surface area contributed by atoms with Gasteiger partial charge in [-0.15, -0.1) is 0 Å². The van der Waals surface area contributed by atoms with Gasteiger partial charge in [-0.1, -0.05) is 22.9 Å². The molecule has 1 aromatic rings. The second kappa shape index (κ2) is 5.07. The van der Waals surface area contributed by atoms with Crippen LogP contribution in [0, 0.1) is 11.2 Å². The Kier molecular flexibility index (Phi) is 3.88. The molecule has 1 fully saturated rings. The second-order valence-electron chi connectivity index (χ2n) is 5.05. The van der Waals surface area contributed by atoms with Crippen LogP contribution in [0.2, 0.25) is 0 Å². The molecule has 94 valence electrons. The maximum atomic E-state index is 13.3. The molecule has 1 unspecified atom stereocenters. The highest BCUT2D eigenvalue weighted by Crippen LogP contribution is 2.51. The summed E-state index contributed by atoms with van der Waals surface area (Å²) >= 11 is 3.51. The van der Waals surface area contributed by atoms with Crippen molar-refractivity contribution in [3.8, 4) is 0 Å². The molecule has 1 aliphatic rings. The summed E-state index contributed by atoms with van der Waals surface area (Å²) in [6.45, 7) is 5.36. The molecule has 1 saturated carbocycles. The van der Waals surface area contributed by atoms with Gasteiger partial charge in [0.05, 0.1) is 0 Å². The van der Waals surface area contributed by atoms with Crippen LogP contribution in [0.1, 0.15) is 32.3 Å². The van der Waals surface area contributed by atoms with Crippen LogP contribution < -0.4 is 5.32 Å². The Balaban J connectivity index is 2.12. The number of halogens is 2. The Hall–Kier alpha value is -0.410. The molecule has 3 heteroatoms. The minimum atomic E-state index is -0.143. The Bertz CT molecular complexity index is 401. The summed E-state index contributed by atoms with van der Waals surface area (Å²) in [6.07, 6.45) is 3.44. The van der Waals surface area contributed by atoms with E-state index in [9.17, 15) is 4.39 Å². The van der Waals surface area contributed by atoms with Crippen LogP contribution in [0.4, 0.5) is 4.39 Å². The fourth-order valence-corrected chi connectivity index (χ4v) is 2.89. The molecule has 0 spiro atoms. The average molecular weight is 300 g/mol. The van der Waals surface area contributed by atoms with Gasteiger partial charge < -0.3 is 5.32 Å². The summed E-state index contributed by atoms with van der Waals surface area (Å²) in [5.41, 5.74) is 1.43. The van der Waals surface area contributed by atoms with E-state index in [1.54, 1.807) is 12.1 Å². The van der Waals surface area contributed by atoms with Crippen molar-refractivity contribution in [1.29, 1.82) is 0 Å². The highest BCUT2D eigenvalue weighted by molar-refractivity contribution is 9.10. The molecule has 0 aliphatic heterocycles. The summed E-state index contributed by atoms with van der Waals surface area (Å²) in [5, 5.41) is 3.49. The number of hydrogen-bond acceptors (Lipinski definition) is 1. The molecule has 0 saturated heterocycles. The van der Waals surface area contributed by atoms with E-state index in [4.69, 9.17) is 0 Å². The van der Waals surface area contributed by atoms with Crippen LogP contribution in [0.25, 0.3) is 0 Å². The molecule has 0 amide bonds. The van der Waals surface area contributed by atoms with Gasteiger partial charge >= 0.3 is 0 Å². The molecular weight excluding hydrogens is 281 g/mol. The zero-order valence-corrected chi connectivity index (χ0v) is 12.0. The zero-order chi connectivity index (χ0) is 12.5. The lowest BCUT2D eigenvalue weighted by molar-refractivity contribution is 0.355. The van der Waals surface area contributed by atoms with E-state index in [2.05, 4.69) is 35.1 Å². The maximum Gasteiger partial charge on any atom is 0.123 e. The van der Waals surface area contributed by atoms with Crippen LogP contribution in [-0.2, 0) is 6.42 Å². The predicted octanol–water partition coefficient (Wildman–Crippen LogP) is 3.91. The Morgan fingerprint density at radius 3 is 2.76 bits per heavy atom. The van der Waals surface area contributed by atoms with Gasteiger partial charge in [-0.3, -0.25) is 0 Å². The summed E-state index contributed by atoms with van der Waals surface area (Å²) in [7, 11) is 0. The quantitative estimate of drug-likeness (QED) is 0.869. The number of rotatable bonds is 5. The fourth-order valence-electron chi connectivity index (χ4n) is 2.50. The molecule has 2 rings (SSSR count). The van der Waals surface area contributed by atoms with Gasteiger partial charge in [-0.25, -0.2) is 4.39 Å². The van der Waals surface area contributed by atoms with E-state index >= 15 is 0 Å². The van der Waals surface area contributed by atoms with Crippen molar-refractivity contribution in [3.05, 3.63) is 34.1 Å². The molecule has 0 radical (unpaired) electrons. The predicted molar refractivity (Wildman–Crippen MR) is 72.6 cm³/mol. The summed E-state index contributed by atoms with van der Waals surface area (Å²) in [4.78, 5) is 0. The van der Waals surface area contributed by atoms with Crippen LogP contribution >= 0.6 is 15.9 Å². The average Bonchev–Trinajstić information content (AvgIpc) is 3.05. The molecule has 0 aromatic heterocycles. The first-order chi connectivity index (χ1) is 8.07. The fraction of sp³-hybridized carbons (Fsp3) is 0.571. The van der Waals surface area contributed by atoms with Gasteiger partial charge in [-0.2, -0.15) is 0 Å². The standard InChI is InChI=1S/C14H19BrFN/c1-3-17-10(2)14(6-7-14)9-11-8-12(16)4-5-13(11)15/h4-5,8,10,17H,3,6-7,9H2,1-2H3. The smallest absolute Gasteiger partial charge is 0.123 e. The molecule has 0 bridgehead atoms. The Labute approximate surface area is 111 Å². The van der Waals surface area contributed by atoms with Crippen LogP contribution in [0.3, 0.4) is 0 Å². The SMILES string of the molecule is CCNC(C)C1(Cc2cc(F)ccc2Br)CC1. The van der Waals surface area contributed by atoms with Crippen molar-refractivity contribution in [2.75, 3.05) is 6.54 Å². The van der Waals surface area contributed by atoms with Gasteiger partial charge in [0, 0.05) is 10.5 Å². The van der Waals surface area contributed by atoms with Crippen molar-refractivity contribution in [2.45, 2.75) is 39.2 Å². The van der Waals surface area contributed by atoms with Crippen molar-refractivity contribution in [3.63, 3.8) is 0 Å². The first-order valence-corrected chi connectivity index (χ1v) is 7.04. The number of nitrogens with one attached hydrogen (secondary N) is 1. The van der Waals surface area contributed by atoms with Crippen LogP contribution in [0.5, 0.6) is 0 Å². The van der Waals surface area contributed by atoms with E-state index in [0.717, 1.165) is 23.0 Å². The molecule has 17 heavy (non-hydrogen) atoms. The lowest BCUT2D eigenvalue weighted by Gasteiger charge is -2.24. The molecule has 1 nitrogen and oxygen atoms in total. The second-order valence-corrected chi connectivity index (χ2v) is 5.91. The van der Waals surface area contributed by atoms with Crippen LogP contribution in [-0.4, -0.2) is 12.6 Å². The van der Waals surface area contributed by atoms with E-state index < -0.39 is 0 Å². The highest BCUT2D eigenvalue weighted by atomic mass is 79.9. The minimum Gasteiger partial charge on any atom is -0.314 e. The van der Waals surface area contributed by atoms with Crippen molar-refractivity contribution < 1.29 is 4.39 Å². The summed E-state index contributed by atoms with van der Waals surface area (Å²) < 4.78 is 14.3. The lowest BCUT2D eigenvalue weighted by atomic mass is 9.90. The third kappa shape index (κ3) is 2.89. The lowest BCUT2D eigenvalue weighted by Crippen LogP contribution is -2.36. The normalized spacial score (nSPS) is 19.1. The van der Waals surface area contributed by atoms with Gasteiger partial charge in [0.2, 0.25) is 0 Å². The topological polar surface area (TPSA) is 12.0 Å². The molecule has 1 aromatic carbocycles. The van der Waals surface area contributed by atoms with E-state index in [1.807, 2.05) is 0 Å². The summed E-state index contributed by atoms with van der Waals surface area (Å²) in [5.74, 6) is -0.143. The number of benzene rings is 1. The van der Waals surface area contributed by atoms with E-state index in [0.29, 0.717) is 11.5 Å². The monoisotopic (exact) mass is 299 g/mol. The minimum absolute atomic E-state index is 0.143. The van der Waals surface area contributed by atoms with Gasteiger partial charge in [0.1, 0.15) is 5.82 Å². The van der Waals surface area contributed by atoms with Gasteiger partial charge in [0.25, 0.3) is 0 Å². The van der Waals surface area contributed by atoms with Crippen LogP contribution in [0.15, 0.2) is 22.7 Å². The largest absolute Gasteiger partial charge is 0.314 e. The molecule has 1 aliphatic carbocycles. The number of hydrogen-bond donors (Lipinski definition) is 1. The highest BCUT2D eigenvalue weighted by Gasteiger charge is 2.47. The molecular formula is C14H19BrFN.